The minimum atomic E-state index is -1.43. The number of hydrogen-bond donors (Lipinski definition) is 3. The van der Waals surface area contributed by atoms with Gasteiger partial charge in [0.2, 0.25) is 5.91 Å². The van der Waals surface area contributed by atoms with Crippen molar-refractivity contribution < 1.29 is 43.3 Å². The van der Waals surface area contributed by atoms with Crippen molar-refractivity contribution in [2.24, 2.45) is 17.2 Å². The molecule has 6 N–H and O–H groups in total. The molecular weight excluding hydrogens is 490 g/mol. The van der Waals surface area contributed by atoms with Crippen molar-refractivity contribution in [1.82, 2.24) is 9.80 Å². The topological polar surface area (TPSA) is 214 Å². The first-order valence-corrected chi connectivity index (χ1v) is 10.7. The first-order chi connectivity index (χ1) is 17.4. The Balaban J connectivity index is 1.79. The van der Waals surface area contributed by atoms with Crippen LogP contribution in [-0.2, 0) is 14.5 Å². The van der Waals surface area contributed by atoms with E-state index in [1.165, 1.54) is 24.3 Å². The fourth-order valence-corrected chi connectivity index (χ4v) is 4.60. The van der Waals surface area contributed by atoms with Gasteiger partial charge in [-0.2, -0.15) is 0 Å². The first-order valence-electron chi connectivity index (χ1n) is 10.7. The summed E-state index contributed by atoms with van der Waals surface area (Å²) in [6, 6.07) is 7.70. The van der Waals surface area contributed by atoms with Crippen LogP contribution in [0.15, 0.2) is 36.4 Å². The molecule has 192 valence electrons. The van der Waals surface area contributed by atoms with Gasteiger partial charge in [-0.3, -0.25) is 24.2 Å². The molecule has 0 aliphatic carbocycles. The zero-order valence-electron chi connectivity index (χ0n) is 19.5. The monoisotopic (exact) mass is 511 g/mol. The number of imide groups is 1. The second-order valence-electron chi connectivity index (χ2n) is 8.33. The SMILES string of the molecule is Cc1cc(C(N)=O)cc(C)c1[C@H](OC(N)=O)[C@@H]1[C@@H](N2C(=O)c3ccccc3C2=O)N1C(=O)OOC(N)=O. The van der Waals surface area contributed by atoms with E-state index in [1.807, 2.05) is 0 Å². The summed E-state index contributed by atoms with van der Waals surface area (Å²) < 4.78 is 5.36. The largest absolute Gasteiger partial charge is 0.455 e. The predicted octanol–water partition coefficient (Wildman–Crippen LogP) is 0.992. The Labute approximate surface area is 208 Å². The number of benzene rings is 2. The maximum absolute atomic E-state index is 13.1. The number of nitrogens with two attached hydrogens (primary N) is 3. The molecule has 1 saturated heterocycles. The van der Waals surface area contributed by atoms with E-state index in [4.69, 9.17) is 21.9 Å². The summed E-state index contributed by atoms with van der Waals surface area (Å²) >= 11 is 0. The van der Waals surface area contributed by atoms with Crippen LogP contribution in [-0.4, -0.2) is 58.0 Å². The molecule has 2 aromatic carbocycles. The highest BCUT2D eigenvalue weighted by molar-refractivity contribution is 6.22. The quantitative estimate of drug-likeness (QED) is 0.225. The van der Waals surface area contributed by atoms with Gasteiger partial charge >= 0.3 is 18.3 Å². The molecule has 0 saturated carbocycles. The van der Waals surface area contributed by atoms with E-state index in [-0.39, 0.29) is 16.7 Å². The summed E-state index contributed by atoms with van der Waals surface area (Å²) in [5.41, 5.74) is 17.1. The minimum Gasteiger partial charge on any atom is -0.439 e. The molecule has 0 radical (unpaired) electrons. The number of fused-ring (bicyclic) bond motifs is 1. The van der Waals surface area contributed by atoms with E-state index in [9.17, 15) is 28.8 Å². The van der Waals surface area contributed by atoms with Crippen LogP contribution in [0.4, 0.5) is 14.4 Å². The van der Waals surface area contributed by atoms with E-state index in [2.05, 4.69) is 9.78 Å². The Kier molecular flexibility index (Phi) is 6.17. The fraction of sp³-hybridized carbons (Fsp3) is 0.217. The Morgan fingerprint density at radius 3 is 1.86 bits per heavy atom. The van der Waals surface area contributed by atoms with Crippen molar-refractivity contribution in [3.63, 3.8) is 0 Å². The average molecular weight is 511 g/mol. The molecular formula is C23H21N5O9. The van der Waals surface area contributed by atoms with Crippen LogP contribution < -0.4 is 17.2 Å². The van der Waals surface area contributed by atoms with E-state index >= 15 is 0 Å². The van der Waals surface area contributed by atoms with Crippen LogP contribution in [0.5, 0.6) is 0 Å². The Morgan fingerprint density at radius 1 is 0.865 bits per heavy atom. The van der Waals surface area contributed by atoms with Gasteiger partial charge in [-0.15, -0.1) is 0 Å². The number of amides is 6. The highest BCUT2D eigenvalue weighted by Crippen LogP contribution is 2.47. The molecule has 6 amide bonds. The van der Waals surface area contributed by atoms with Crippen LogP contribution in [0.1, 0.15) is 53.9 Å². The van der Waals surface area contributed by atoms with Crippen molar-refractivity contribution in [2.75, 3.05) is 0 Å². The molecule has 0 aromatic heterocycles. The molecule has 2 aliphatic rings. The number of ether oxygens (including phenoxy) is 1. The van der Waals surface area contributed by atoms with Gasteiger partial charge in [-0.25, -0.2) is 24.2 Å². The second kappa shape index (κ2) is 9.14. The summed E-state index contributed by atoms with van der Waals surface area (Å²) in [5.74, 6) is -2.12. The number of carbonyl (C=O) groups excluding carboxylic acids is 6. The average Bonchev–Trinajstić information content (AvgIpc) is 3.49. The Morgan fingerprint density at radius 2 is 1.41 bits per heavy atom. The molecule has 14 heteroatoms. The van der Waals surface area contributed by atoms with Gasteiger partial charge in [-0.05, 0) is 49.2 Å². The summed E-state index contributed by atoms with van der Waals surface area (Å²) in [4.78, 5) is 83.8. The zero-order valence-corrected chi connectivity index (χ0v) is 19.5. The molecule has 0 bridgehead atoms. The second-order valence-corrected chi connectivity index (χ2v) is 8.33. The van der Waals surface area contributed by atoms with Gasteiger partial charge in [0.25, 0.3) is 11.8 Å². The maximum Gasteiger partial charge on any atom is 0.455 e. The van der Waals surface area contributed by atoms with Gasteiger partial charge in [0.05, 0.1) is 11.1 Å². The third-order valence-corrected chi connectivity index (χ3v) is 6.03. The molecule has 3 atom stereocenters. The van der Waals surface area contributed by atoms with Gasteiger partial charge in [0, 0.05) is 11.1 Å². The molecule has 37 heavy (non-hydrogen) atoms. The van der Waals surface area contributed by atoms with E-state index in [0.717, 1.165) is 9.80 Å². The lowest BCUT2D eigenvalue weighted by Gasteiger charge is -2.22. The summed E-state index contributed by atoms with van der Waals surface area (Å²) in [7, 11) is 0. The van der Waals surface area contributed by atoms with Crippen molar-refractivity contribution in [1.29, 1.82) is 0 Å². The molecule has 2 aromatic rings. The molecule has 2 aliphatic heterocycles. The number of aryl methyl sites for hydroxylation is 2. The van der Waals surface area contributed by atoms with Crippen molar-refractivity contribution >= 4 is 36.0 Å². The van der Waals surface area contributed by atoms with E-state index < -0.39 is 54.3 Å². The summed E-state index contributed by atoms with van der Waals surface area (Å²) in [6.07, 6.45) is -6.61. The molecule has 14 nitrogen and oxygen atoms in total. The molecule has 0 unspecified atom stereocenters. The molecule has 0 spiro atoms. The van der Waals surface area contributed by atoms with Gasteiger partial charge in [0.1, 0.15) is 12.2 Å². The number of primary amides is 3. The zero-order chi connectivity index (χ0) is 27.2. The standard InChI is InChI=1S/C23H21N5O9/c1-9-7-11(17(24)29)8-10(2)14(9)16(35-21(25)32)15-18(27(15)23(34)37-36-22(26)33)28-19(30)12-5-3-4-6-13(12)20(28)31/h3-8,15-16,18H,1-2H3,(H2,24,29)(H2,25,32)(H2,26,33)/t15-,16+,18-,27?/m1/s1. The van der Waals surface area contributed by atoms with E-state index in [0.29, 0.717) is 16.7 Å². The number of rotatable bonds is 5. The number of carbonyl (C=O) groups is 6. The highest BCUT2D eigenvalue weighted by atomic mass is 17.2. The van der Waals surface area contributed by atoms with Crippen LogP contribution in [0.3, 0.4) is 0 Å². The lowest BCUT2D eigenvalue weighted by molar-refractivity contribution is -0.181. The van der Waals surface area contributed by atoms with Crippen LogP contribution >= 0.6 is 0 Å². The summed E-state index contributed by atoms with van der Waals surface area (Å²) in [5, 5.41) is 0. The van der Waals surface area contributed by atoms with Gasteiger partial charge in [0.15, 0.2) is 6.10 Å². The van der Waals surface area contributed by atoms with Crippen molar-refractivity contribution in [3.05, 3.63) is 69.8 Å². The smallest absolute Gasteiger partial charge is 0.439 e. The number of hydrogen-bond acceptors (Lipinski definition) is 9. The third kappa shape index (κ3) is 4.35. The first kappa shape index (κ1) is 25.0. The van der Waals surface area contributed by atoms with E-state index in [1.54, 1.807) is 26.0 Å². The fourth-order valence-electron chi connectivity index (χ4n) is 4.60. The van der Waals surface area contributed by atoms with Crippen LogP contribution in [0.25, 0.3) is 0 Å². The molecule has 4 rings (SSSR count). The molecule has 2 heterocycles. The predicted molar refractivity (Wildman–Crippen MR) is 121 cm³/mol. The van der Waals surface area contributed by atoms with Crippen LogP contribution in [0, 0.1) is 13.8 Å². The van der Waals surface area contributed by atoms with Crippen molar-refractivity contribution in [3.8, 4) is 0 Å². The highest BCUT2D eigenvalue weighted by Gasteiger charge is 2.65. The third-order valence-electron chi connectivity index (χ3n) is 6.03. The van der Waals surface area contributed by atoms with Gasteiger partial charge < -0.3 is 21.9 Å². The lowest BCUT2D eigenvalue weighted by Crippen LogP contribution is -2.37. The van der Waals surface area contributed by atoms with Gasteiger partial charge in [-0.1, -0.05) is 12.1 Å². The Bertz CT molecular complexity index is 1320. The maximum atomic E-state index is 13.1. The lowest BCUT2D eigenvalue weighted by atomic mass is 9.93. The number of nitrogens with zero attached hydrogens (tertiary/aromatic N) is 2. The molecule has 1 fully saturated rings. The normalized spacial score (nSPS) is 18.6. The summed E-state index contributed by atoms with van der Waals surface area (Å²) in [6.45, 7) is 3.20. The van der Waals surface area contributed by atoms with Crippen molar-refractivity contribution in [2.45, 2.75) is 32.2 Å². The minimum absolute atomic E-state index is 0.102. The Hall–Kier alpha value is -5.14. The van der Waals surface area contributed by atoms with Crippen LogP contribution in [0.2, 0.25) is 0 Å².